The molecule has 1 atom stereocenters. The van der Waals surface area contributed by atoms with E-state index in [0.717, 1.165) is 30.8 Å². The lowest BCUT2D eigenvalue weighted by Gasteiger charge is -2.21. The highest BCUT2D eigenvalue weighted by Gasteiger charge is 2.14. The van der Waals surface area contributed by atoms with Crippen LogP contribution < -0.4 is 18.9 Å². The van der Waals surface area contributed by atoms with Gasteiger partial charge in [-0.3, -0.25) is 0 Å². The van der Waals surface area contributed by atoms with E-state index in [0.29, 0.717) is 57.7 Å². The number of unbranched alkanes of at least 4 members (excludes halogenated alkanes) is 1. The zero-order valence-electron chi connectivity index (χ0n) is 17.7. The number of benzene rings is 2. The van der Waals surface area contributed by atoms with E-state index in [2.05, 4.69) is 6.92 Å². The van der Waals surface area contributed by atoms with E-state index in [9.17, 15) is 0 Å². The van der Waals surface area contributed by atoms with E-state index in [1.807, 2.05) is 48.5 Å². The van der Waals surface area contributed by atoms with Crippen LogP contribution in [0.25, 0.3) is 0 Å². The van der Waals surface area contributed by atoms with Crippen molar-refractivity contribution in [2.24, 2.45) is 0 Å². The third-order valence-electron chi connectivity index (χ3n) is 4.63. The largest absolute Gasteiger partial charge is 0.487 e. The Morgan fingerprint density at radius 3 is 1.73 bits per heavy atom. The minimum atomic E-state index is -0.0412. The number of hydrogen-bond acceptors (Lipinski definition) is 6. The van der Waals surface area contributed by atoms with Crippen molar-refractivity contribution in [3.63, 3.8) is 0 Å². The summed E-state index contributed by atoms with van der Waals surface area (Å²) in [6.07, 6.45) is 3.06. The van der Waals surface area contributed by atoms with Crippen LogP contribution in [0.15, 0.2) is 48.5 Å². The summed E-state index contributed by atoms with van der Waals surface area (Å²) < 4.78 is 35.3. The van der Waals surface area contributed by atoms with Crippen molar-refractivity contribution in [2.75, 3.05) is 46.2 Å². The molecule has 2 aromatic carbocycles. The first-order valence-corrected chi connectivity index (χ1v) is 10.8. The summed E-state index contributed by atoms with van der Waals surface area (Å²) in [5.41, 5.74) is 0. The van der Waals surface area contributed by atoms with E-state index in [1.165, 1.54) is 0 Å². The molecule has 1 unspecified atom stereocenters. The van der Waals surface area contributed by atoms with Crippen LogP contribution >= 0.6 is 0 Å². The molecule has 0 N–H and O–H groups in total. The highest BCUT2D eigenvalue weighted by Crippen LogP contribution is 2.29. The number of ether oxygens (including phenoxy) is 6. The van der Waals surface area contributed by atoms with Crippen LogP contribution in [0.2, 0.25) is 0 Å². The standard InChI is InChI=1S/C24H32O6/c1-2-3-8-20-19-26-15-18-28-22-10-5-4-9-21(22)27-16-13-25-14-17-29-23-11-6-7-12-24(23)30-20/h4-7,9-12,20H,2-3,8,13-19H2,1H3. The number of rotatable bonds is 3. The van der Waals surface area contributed by atoms with Crippen LogP contribution in [0.3, 0.4) is 0 Å². The molecule has 1 heterocycles. The van der Waals surface area contributed by atoms with Crippen LogP contribution in [-0.4, -0.2) is 52.4 Å². The Bertz CT molecular complexity index is 735. The molecule has 6 heteroatoms. The lowest BCUT2D eigenvalue weighted by molar-refractivity contribution is 0.0280. The molecule has 1 aliphatic heterocycles. The zero-order chi connectivity index (χ0) is 20.9. The Kier molecular flexibility index (Phi) is 9.63. The van der Waals surface area contributed by atoms with Gasteiger partial charge in [0.15, 0.2) is 23.0 Å². The second-order valence-corrected chi connectivity index (χ2v) is 7.01. The van der Waals surface area contributed by atoms with Crippen molar-refractivity contribution in [3.05, 3.63) is 48.5 Å². The zero-order valence-corrected chi connectivity index (χ0v) is 17.7. The topological polar surface area (TPSA) is 55.4 Å². The molecule has 1 aliphatic rings. The van der Waals surface area contributed by atoms with Gasteiger partial charge in [0.05, 0.1) is 26.4 Å². The highest BCUT2D eigenvalue weighted by atomic mass is 16.6. The van der Waals surface area contributed by atoms with Gasteiger partial charge in [-0.1, -0.05) is 37.6 Å². The molecule has 0 fully saturated rings. The third kappa shape index (κ3) is 7.43. The van der Waals surface area contributed by atoms with Gasteiger partial charge in [-0.2, -0.15) is 0 Å². The molecule has 0 bridgehead atoms. The van der Waals surface area contributed by atoms with Crippen LogP contribution in [0.4, 0.5) is 0 Å². The Hall–Kier alpha value is -2.44. The highest BCUT2D eigenvalue weighted by molar-refractivity contribution is 5.40. The second-order valence-electron chi connectivity index (χ2n) is 7.01. The van der Waals surface area contributed by atoms with Crippen LogP contribution in [0.1, 0.15) is 26.2 Å². The SMILES string of the molecule is CCCCC1COCCOc2ccccc2OCCOCCOc2ccccc2O1. The van der Waals surface area contributed by atoms with Gasteiger partial charge in [-0.05, 0) is 37.1 Å². The molecule has 0 amide bonds. The fourth-order valence-corrected chi connectivity index (χ4v) is 3.09. The summed E-state index contributed by atoms with van der Waals surface area (Å²) in [5.74, 6) is 2.86. The first-order chi connectivity index (χ1) is 14.9. The predicted molar refractivity (Wildman–Crippen MR) is 115 cm³/mol. The molecule has 6 nitrogen and oxygen atoms in total. The van der Waals surface area contributed by atoms with Gasteiger partial charge >= 0.3 is 0 Å². The average Bonchev–Trinajstić information content (AvgIpc) is 2.77. The summed E-state index contributed by atoms with van der Waals surface area (Å²) in [4.78, 5) is 0. The number of hydrogen-bond donors (Lipinski definition) is 0. The first kappa shape index (κ1) is 22.2. The van der Waals surface area contributed by atoms with E-state index in [4.69, 9.17) is 28.4 Å². The molecule has 164 valence electrons. The molecule has 0 saturated carbocycles. The first-order valence-electron chi connectivity index (χ1n) is 10.8. The van der Waals surface area contributed by atoms with Gasteiger partial charge in [-0.15, -0.1) is 0 Å². The Morgan fingerprint density at radius 1 is 0.667 bits per heavy atom. The quantitative estimate of drug-likeness (QED) is 0.734. The average molecular weight is 417 g/mol. The van der Waals surface area contributed by atoms with Crippen molar-refractivity contribution in [2.45, 2.75) is 32.3 Å². The predicted octanol–water partition coefficient (Wildman–Crippen LogP) is 4.51. The minimum absolute atomic E-state index is 0.0412. The molecule has 2 aromatic rings. The molecule has 3 rings (SSSR count). The Balaban J connectivity index is 1.64. The maximum Gasteiger partial charge on any atom is 0.161 e. The number of fused-ring (bicyclic) bond motifs is 2. The lowest BCUT2D eigenvalue weighted by Crippen LogP contribution is -2.25. The van der Waals surface area contributed by atoms with E-state index in [1.54, 1.807) is 0 Å². The Morgan fingerprint density at radius 2 is 1.17 bits per heavy atom. The fourth-order valence-electron chi connectivity index (χ4n) is 3.09. The summed E-state index contributed by atoms with van der Waals surface area (Å²) in [7, 11) is 0. The van der Waals surface area contributed by atoms with Crippen LogP contribution in [0.5, 0.6) is 23.0 Å². The van der Waals surface area contributed by atoms with Gasteiger partial charge in [-0.25, -0.2) is 0 Å². The van der Waals surface area contributed by atoms with E-state index in [-0.39, 0.29) is 6.10 Å². The van der Waals surface area contributed by atoms with Gasteiger partial charge in [0, 0.05) is 0 Å². The lowest BCUT2D eigenvalue weighted by atomic mass is 10.1. The van der Waals surface area contributed by atoms with Crippen molar-refractivity contribution < 1.29 is 28.4 Å². The van der Waals surface area contributed by atoms with Gasteiger partial charge in [0.25, 0.3) is 0 Å². The van der Waals surface area contributed by atoms with Crippen molar-refractivity contribution >= 4 is 0 Å². The molecule has 0 aromatic heterocycles. The molecular weight excluding hydrogens is 384 g/mol. The summed E-state index contributed by atoms with van der Waals surface area (Å²) in [5, 5.41) is 0. The van der Waals surface area contributed by atoms with E-state index < -0.39 is 0 Å². The third-order valence-corrected chi connectivity index (χ3v) is 4.63. The minimum Gasteiger partial charge on any atom is -0.487 e. The molecular formula is C24H32O6. The van der Waals surface area contributed by atoms with Crippen molar-refractivity contribution in [1.82, 2.24) is 0 Å². The van der Waals surface area contributed by atoms with Crippen LogP contribution in [-0.2, 0) is 9.47 Å². The molecule has 0 saturated heterocycles. The smallest absolute Gasteiger partial charge is 0.161 e. The normalized spacial score (nSPS) is 18.8. The molecule has 0 radical (unpaired) electrons. The van der Waals surface area contributed by atoms with Gasteiger partial charge in [0.2, 0.25) is 0 Å². The van der Waals surface area contributed by atoms with E-state index >= 15 is 0 Å². The summed E-state index contributed by atoms with van der Waals surface area (Å²) >= 11 is 0. The van der Waals surface area contributed by atoms with Crippen molar-refractivity contribution in [1.29, 1.82) is 0 Å². The second kappa shape index (κ2) is 13.0. The van der Waals surface area contributed by atoms with Gasteiger partial charge in [0.1, 0.15) is 25.9 Å². The number of para-hydroxylation sites is 4. The van der Waals surface area contributed by atoms with Crippen LogP contribution in [0, 0.1) is 0 Å². The molecule has 0 spiro atoms. The Labute approximate surface area is 179 Å². The van der Waals surface area contributed by atoms with Crippen molar-refractivity contribution in [3.8, 4) is 23.0 Å². The molecule has 30 heavy (non-hydrogen) atoms. The summed E-state index contributed by atoms with van der Waals surface area (Å²) in [6.45, 7) is 5.41. The fraction of sp³-hybridized carbons (Fsp3) is 0.500. The van der Waals surface area contributed by atoms with Gasteiger partial charge < -0.3 is 28.4 Å². The monoisotopic (exact) mass is 416 g/mol. The maximum atomic E-state index is 6.25. The molecule has 0 aliphatic carbocycles. The maximum absolute atomic E-state index is 6.25. The summed E-state index contributed by atoms with van der Waals surface area (Å²) in [6, 6.07) is 15.4.